The molecule has 4 nitrogen and oxygen atoms in total. The van der Waals surface area contributed by atoms with E-state index < -0.39 is 8.56 Å². The second-order valence-electron chi connectivity index (χ2n) is 4.79. The highest BCUT2D eigenvalue weighted by atomic mass is 28.4. The van der Waals surface area contributed by atoms with Gasteiger partial charge in [0, 0.05) is 18.8 Å². The van der Waals surface area contributed by atoms with E-state index in [9.17, 15) is 4.79 Å². The minimum atomic E-state index is -2.15. The van der Waals surface area contributed by atoms with Gasteiger partial charge in [0.1, 0.15) is 0 Å². The molecule has 0 radical (unpaired) electrons. The number of rotatable bonds is 11. The van der Waals surface area contributed by atoms with Crippen molar-refractivity contribution in [1.29, 1.82) is 0 Å². The molecule has 0 fully saturated rings. The molecule has 2 unspecified atom stereocenters. The largest absolute Gasteiger partial charge is 0.463 e. The highest BCUT2D eigenvalue weighted by Gasteiger charge is 2.32. The van der Waals surface area contributed by atoms with Crippen LogP contribution < -0.4 is 0 Å². The van der Waals surface area contributed by atoms with Crippen LogP contribution in [0.5, 0.6) is 0 Å². The normalized spacial score (nSPS) is 15.6. The van der Waals surface area contributed by atoms with E-state index >= 15 is 0 Å². The molecule has 0 aliphatic carbocycles. The molecule has 0 aliphatic rings. The van der Waals surface area contributed by atoms with Gasteiger partial charge in [-0.05, 0) is 38.8 Å². The average molecular weight is 288 g/mol. The molecule has 0 spiro atoms. The molecule has 0 aromatic rings. The minimum Gasteiger partial charge on any atom is -0.463 e. The lowest BCUT2D eigenvalue weighted by molar-refractivity contribution is -0.137. The molecule has 0 amide bonds. The zero-order chi connectivity index (χ0) is 14.7. The van der Waals surface area contributed by atoms with Crippen LogP contribution in [0.1, 0.15) is 40.0 Å². The summed E-state index contributed by atoms with van der Waals surface area (Å²) < 4.78 is 17.0. The van der Waals surface area contributed by atoms with Gasteiger partial charge in [-0.25, -0.2) is 4.79 Å². The molecule has 0 aromatic heterocycles. The average Bonchev–Trinajstić information content (AvgIpc) is 2.41. The Balaban J connectivity index is 4.17. The molecule has 2 atom stereocenters. The van der Waals surface area contributed by atoms with E-state index in [0.29, 0.717) is 6.61 Å². The highest BCUT2D eigenvalue weighted by molar-refractivity contribution is 6.66. The van der Waals surface area contributed by atoms with Gasteiger partial charge in [0.05, 0.1) is 6.61 Å². The third-order valence-electron chi connectivity index (χ3n) is 2.82. The summed E-state index contributed by atoms with van der Waals surface area (Å²) in [6.07, 6.45) is 4.12. The van der Waals surface area contributed by atoms with Gasteiger partial charge in [-0.15, -0.1) is 0 Å². The van der Waals surface area contributed by atoms with E-state index in [1.807, 2.05) is 0 Å². The van der Waals surface area contributed by atoms with E-state index in [4.69, 9.17) is 13.6 Å². The highest BCUT2D eigenvalue weighted by Crippen LogP contribution is 2.19. The Labute approximate surface area is 118 Å². The molecule has 5 heteroatoms. The van der Waals surface area contributed by atoms with Crippen LogP contribution in [0.2, 0.25) is 12.6 Å². The van der Waals surface area contributed by atoms with Crippen molar-refractivity contribution in [3.63, 3.8) is 0 Å². The smallest absolute Gasteiger partial charge is 0.335 e. The van der Waals surface area contributed by atoms with Gasteiger partial charge in [0.15, 0.2) is 0 Å². The van der Waals surface area contributed by atoms with Crippen molar-refractivity contribution in [2.24, 2.45) is 0 Å². The van der Waals surface area contributed by atoms with Crippen LogP contribution in [0.15, 0.2) is 12.7 Å². The fraction of sp³-hybridized carbons (Fsp3) is 0.786. The second kappa shape index (κ2) is 10.2. The number of esters is 1. The maximum atomic E-state index is 10.9. The van der Waals surface area contributed by atoms with Crippen LogP contribution in [0.25, 0.3) is 0 Å². The lowest BCUT2D eigenvalue weighted by atomic mass is 10.3. The Kier molecular flexibility index (Phi) is 9.82. The number of hydrogen-bond acceptors (Lipinski definition) is 4. The Morgan fingerprint density at radius 3 is 2.58 bits per heavy atom. The third-order valence-corrected chi connectivity index (χ3v) is 5.80. The number of hydrogen-bond donors (Lipinski definition) is 0. The first-order valence-corrected chi connectivity index (χ1v) is 9.60. The lowest BCUT2D eigenvalue weighted by Crippen LogP contribution is -2.41. The van der Waals surface area contributed by atoms with E-state index in [1.165, 1.54) is 6.08 Å². The topological polar surface area (TPSA) is 44.8 Å². The maximum Gasteiger partial charge on any atom is 0.335 e. The quantitative estimate of drug-likeness (QED) is 0.253. The van der Waals surface area contributed by atoms with Gasteiger partial charge in [0.25, 0.3) is 0 Å². The number of carbonyl (C=O) groups is 1. The minimum absolute atomic E-state index is 0.212. The molecule has 0 saturated heterocycles. The molecule has 0 heterocycles. The van der Waals surface area contributed by atoms with Crippen molar-refractivity contribution < 1.29 is 18.4 Å². The Morgan fingerprint density at radius 2 is 2.05 bits per heavy atom. The second-order valence-corrected chi connectivity index (χ2v) is 8.09. The van der Waals surface area contributed by atoms with Crippen LogP contribution in [0.4, 0.5) is 0 Å². The van der Waals surface area contributed by atoms with Gasteiger partial charge in [-0.1, -0.05) is 20.4 Å². The first kappa shape index (κ1) is 18.3. The summed E-state index contributed by atoms with van der Waals surface area (Å²) in [6, 6.07) is 0.835. The Morgan fingerprint density at radius 1 is 1.37 bits per heavy atom. The summed E-state index contributed by atoms with van der Waals surface area (Å²) in [4.78, 5) is 10.9. The molecule has 0 rings (SSSR count). The van der Waals surface area contributed by atoms with Gasteiger partial charge >= 0.3 is 14.5 Å². The summed E-state index contributed by atoms with van der Waals surface area (Å²) in [5.41, 5.74) is 0. The van der Waals surface area contributed by atoms with Gasteiger partial charge in [0.2, 0.25) is 0 Å². The first-order chi connectivity index (χ1) is 8.97. The van der Waals surface area contributed by atoms with Crippen molar-refractivity contribution in [1.82, 2.24) is 0 Å². The summed E-state index contributed by atoms with van der Waals surface area (Å²) in [5.74, 6) is -0.374. The molecular formula is C14H28O4Si. The molecule has 0 aliphatic heterocycles. The van der Waals surface area contributed by atoms with Gasteiger partial charge in [-0.2, -0.15) is 0 Å². The van der Waals surface area contributed by atoms with Crippen LogP contribution in [0.3, 0.4) is 0 Å². The SMILES string of the molecule is C=CC(=O)OCCC[Si](C)(OCCC)OC(C)CC. The fourth-order valence-corrected chi connectivity index (χ4v) is 4.39. The molecule has 0 aromatic carbocycles. The molecule has 0 N–H and O–H groups in total. The zero-order valence-corrected chi connectivity index (χ0v) is 13.7. The summed E-state index contributed by atoms with van der Waals surface area (Å²) in [5, 5.41) is 0. The maximum absolute atomic E-state index is 10.9. The molecule has 112 valence electrons. The van der Waals surface area contributed by atoms with E-state index in [1.54, 1.807) is 0 Å². The van der Waals surface area contributed by atoms with Crippen molar-refractivity contribution >= 4 is 14.5 Å². The number of carbonyl (C=O) groups excluding carboxylic acids is 1. The number of ether oxygens (including phenoxy) is 1. The monoisotopic (exact) mass is 288 g/mol. The lowest BCUT2D eigenvalue weighted by Gasteiger charge is -2.30. The van der Waals surface area contributed by atoms with E-state index in [-0.39, 0.29) is 12.1 Å². The van der Waals surface area contributed by atoms with Crippen LogP contribution >= 0.6 is 0 Å². The van der Waals surface area contributed by atoms with Crippen molar-refractivity contribution in [3.05, 3.63) is 12.7 Å². The van der Waals surface area contributed by atoms with Crippen molar-refractivity contribution in [2.45, 2.75) is 58.7 Å². The molecule has 19 heavy (non-hydrogen) atoms. The first-order valence-electron chi connectivity index (χ1n) is 7.08. The zero-order valence-electron chi connectivity index (χ0n) is 12.7. The summed E-state index contributed by atoms with van der Waals surface area (Å²) >= 11 is 0. The Bertz CT molecular complexity index is 270. The third kappa shape index (κ3) is 8.97. The molecular weight excluding hydrogens is 260 g/mol. The standard InChI is InChI=1S/C14H28O4Si/c1-6-10-17-19(5,18-13(4)7-2)12-9-11-16-14(15)8-3/h8,13H,3,6-7,9-12H2,1-2,4-5H3. The van der Waals surface area contributed by atoms with E-state index in [2.05, 4.69) is 33.9 Å². The van der Waals surface area contributed by atoms with Gasteiger partial charge < -0.3 is 13.6 Å². The van der Waals surface area contributed by atoms with Crippen LogP contribution in [-0.2, 0) is 18.4 Å². The fourth-order valence-electron chi connectivity index (χ4n) is 1.62. The summed E-state index contributed by atoms with van der Waals surface area (Å²) in [6.45, 7) is 12.8. The van der Waals surface area contributed by atoms with Gasteiger partial charge in [-0.3, -0.25) is 0 Å². The van der Waals surface area contributed by atoms with Crippen molar-refractivity contribution in [3.8, 4) is 0 Å². The molecule has 0 bridgehead atoms. The molecule has 0 saturated carbocycles. The Hall–Kier alpha value is -0.653. The van der Waals surface area contributed by atoms with Crippen molar-refractivity contribution in [2.75, 3.05) is 13.2 Å². The summed E-state index contributed by atoms with van der Waals surface area (Å²) in [7, 11) is -2.15. The predicted octanol–water partition coefficient (Wildman–Crippen LogP) is 3.42. The predicted molar refractivity (Wildman–Crippen MR) is 79.3 cm³/mol. The van der Waals surface area contributed by atoms with E-state index in [0.717, 1.165) is 31.9 Å². The van der Waals surface area contributed by atoms with Crippen LogP contribution in [0, 0.1) is 0 Å². The van der Waals surface area contributed by atoms with Crippen LogP contribution in [-0.4, -0.2) is 33.8 Å².